The molecule has 0 bridgehead atoms. The van der Waals surface area contributed by atoms with E-state index < -0.39 is 5.60 Å². The summed E-state index contributed by atoms with van der Waals surface area (Å²) in [5, 5.41) is 22.6. The molecule has 0 radical (unpaired) electrons. The third-order valence-electron chi connectivity index (χ3n) is 4.51. The standard InChI is InChI=1S/C16H30N2O/c1-14(2)7-9-16(19,10-8-14)13-18-12-15(3,4)6-5-11-17/h18-19H,5-10,12-13H2,1-4H3. The first kappa shape index (κ1) is 16.5. The lowest BCUT2D eigenvalue weighted by molar-refractivity contribution is -0.0255. The van der Waals surface area contributed by atoms with Crippen LogP contribution in [-0.2, 0) is 0 Å². The summed E-state index contributed by atoms with van der Waals surface area (Å²) in [6, 6.07) is 2.20. The van der Waals surface area contributed by atoms with Gasteiger partial charge in [0, 0.05) is 19.5 Å². The molecule has 1 fully saturated rings. The first-order valence-corrected chi connectivity index (χ1v) is 7.48. The van der Waals surface area contributed by atoms with Gasteiger partial charge in [-0.05, 0) is 42.9 Å². The van der Waals surface area contributed by atoms with Gasteiger partial charge in [-0.3, -0.25) is 0 Å². The molecule has 2 N–H and O–H groups in total. The highest BCUT2D eigenvalue weighted by Crippen LogP contribution is 2.39. The SMILES string of the molecule is CC1(C)CCC(O)(CNCC(C)(C)CCC#N)CC1. The molecule has 1 aliphatic carbocycles. The fraction of sp³-hybridized carbons (Fsp3) is 0.938. The number of hydrogen-bond acceptors (Lipinski definition) is 3. The Morgan fingerprint density at radius 3 is 2.32 bits per heavy atom. The predicted molar refractivity (Wildman–Crippen MR) is 78.7 cm³/mol. The van der Waals surface area contributed by atoms with Gasteiger partial charge in [0.15, 0.2) is 0 Å². The summed E-state index contributed by atoms with van der Waals surface area (Å²) >= 11 is 0. The van der Waals surface area contributed by atoms with Crippen molar-refractivity contribution in [2.45, 2.75) is 71.8 Å². The van der Waals surface area contributed by atoms with E-state index in [0.29, 0.717) is 18.4 Å². The molecule has 1 aliphatic rings. The molecule has 1 rings (SSSR count). The molecule has 1 saturated carbocycles. The fourth-order valence-electron chi connectivity index (χ4n) is 2.69. The number of nitrogens with one attached hydrogen (secondary N) is 1. The van der Waals surface area contributed by atoms with E-state index in [4.69, 9.17) is 5.26 Å². The van der Waals surface area contributed by atoms with Crippen molar-refractivity contribution in [3.63, 3.8) is 0 Å². The van der Waals surface area contributed by atoms with Gasteiger partial charge in [-0.25, -0.2) is 0 Å². The summed E-state index contributed by atoms with van der Waals surface area (Å²) in [4.78, 5) is 0. The van der Waals surface area contributed by atoms with Crippen molar-refractivity contribution in [1.82, 2.24) is 5.32 Å². The van der Waals surface area contributed by atoms with Crippen LogP contribution in [0, 0.1) is 22.2 Å². The normalized spacial score (nSPS) is 21.9. The van der Waals surface area contributed by atoms with Gasteiger partial charge in [-0.15, -0.1) is 0 Å². The van der Waals surface area contributed by atoms with Crippen LogP contribution >= 0.6 is 0 Å². The molecule has 110 valence electrons. The van der Waals surface area contributed by atoms with Crippen molar-refractivity contribution < 1.29 is 5.11 Å². The van der Waals surface area contributed by atoms with Crippen molar-refractivity contribution in [3.05, 3.63) is 0 Å². The first-order chi connectivity index (χ1) is 8.68. The van der Waals surface area contributed by atoms with Crippen molar-refractivity contribution in [2.75, 3.05) is 13.1 Å². The van der Waals surface area contributed by atoms with Crippen LogP contribution in [0.2, 0.25) is 0 Å². The molecule has 3 heteroatoms. The minimum Gasteiger partial charge on any atom is -0.389 e. The van der Waals surface area contributed by atoms with Gasteiger partial charge in [-0.2, -0.15) is 5.26 Å². The zero-order valence-corrected chi connectivity index (χ0v) is 13.1. The maximum absolute atomic E-state index is 10.6. The van der Waals surface area contributed by atoms with Gasteiger partial charge in [0.1, 0.15) is 0 Å². The summed E-state index contributed by atoms with van der Waals surface area (Å²) in [5.41, 5.74) is -0.0147. The van der Waals surface area contributed by atoms with Gasteiger partial charge in [0.25, 0.3) is 0 Å². The number of nitrogens with zero attached hydrogens (tertiary/aromatic N) is 1. The summed E-state index contributed by atoms with van der Waals surface area (Å²) in [6.07, 6.45) is 5.50. The van der Waals surface area contributed by atoms with E-state index in [9.17, 15) is 5.11 Å². The van der Waals surface area contributed by atoms with Crippen LogP contribution < -0.4 is 5.32 Å². The molecule has 0 amide bonds. The quantitative estimate of drug-likeness (QED) is 0.776. The third-order valence-corrected chi connectivity index (χ3v) is 4.51. The number of rotatable bonds is 6. The maximum Gasteiger partial charge on any atom is 0.0772 e. The lowest BCUT2D eigenvalue weighted by Crippen LogP contribution is -2.46. The molecule has 0 saturated heterocycles. The van der Waals surface area contributed by atoms with E-state index in [1.165, 1.54) is 0 Å². The summed E-state index contributed by atoms with van der Waals surface area (Å²) in [6.45, 7) is 10.5. The highest BCUT2D eigenvalue weighted by Gasteiger charge is 2.36. The minimum absolute atomic E-state index is 0.125. The summed E-state index contributed by atoms with van der Waals surface area (Å²) < 4.78 is 0. The number of aliphatic hydroxyl groups is 1. The average molecular weight is 266 g/mol. The Morgan fingerprint density at radius 2 is 1.79 bits per heavy atom. The number of hydrogen-bond donors (Lipinski definition) is 2. The zero-order chi connectivity index (χ0) is 14.6. The second-order valence-corrected chi connectivity index (χ2v) is 7.81. The lowest BCUT2D eigenvalue weighted by atomic mass is 9.71. The minimum atomic E-state index is -0.527. The Bertz CT molecular complexity index is 318. The Hall–Kier alpha value is -0.590. The largest absolute Gasteiger partial charge is 0.389 e. The zero-order valence-electron chi connectivity index (χ0n) is 13.1. The Morgan fingerprint density at radius 1 is 1.21 bits per heavy atom. The molecule has 0 aromatic heterocycles. The van der Waals surface area contributed by atoms with Crippen LogP contribution in [0.4, 0.5) is 0 Å². The van der Waals surface area contributed by atoms with Gasteiger partial charge >= 0.3 is 0 Å². The highest BCUT2D eigenvalue weighted by molar-refractivity contribution is 4.91. The third kappa shape index (κ3) is 5.93. The van der Waals surface area contributed by atoms with E-state index in [2.05, 4.69) is 39.1 Å². The first-order valence-electron chi connectivity index (χ1n) is 7.48. The molecule has 0 unspecified atom stereocenters. The van der Waals surface area contributed by atoms with Crippen LogP contribution in [0.1, 0.15) is 66.2 Å². The summed E-state index contributed by atoms with van der Waals surface area (Å²) in [7, 11) is 0. The molecule has 0 aromatic rings. The van der Waals surface area contributed by atoms with E-state index in [0.717, 1.165) is 38.6 Å². The van der Waals surface area contributed by atoms with Gasteiger partial charge in [0.05, 0.1) is 11.7 Å². The molecule has 0 aromatic carbocycles. The van der Waals surface area contributed by atoms with Crippen molar-refractivity contribution in [2.24, 2.45) is 10.8 Å². The van der Waals surface area contributed by atoms with E-state index in [1.807, 2.05) is 0 Å². The van der Waals surface area contributed by atoms with Gasteiger partial charge in [0.2, 0.25) is 0 Å². The van der Waals surface area contributed by atoms with Crippen LogP contribution in [0.5, 0.6) is 0 Å². The van der Waals surface area contributed by atoms with E-state index in [-0.39, 0.29) is 5.41 Å². The lowest BCUT2D eigenvalue weighted by Gasteiger charge is -2.41. The molecule has 0 atom stereocenters. The molecule has 0 spiro atoms. The predicted octanol–water partition coefficient (Wildman–Crippen LogP) is 3.24. The Balaban J connectivity index is 2.31. The molecular formula is C16H30N2O. The Labute approximate surface area is 118 Å². The molecular weight excluding hydrogens is 236 g/mol. The Kier molecular flexibility index (Phi) is 5.41. The molecule has 0 aliphatic heterocycles. The van der Waals surface area contributed by atoms with Crippen molar-refractivity contribution in [1.29, 1.82) is 5.26 Å². The van der Waals surface area contributed by atoms with Crippen LogP contribution in [0.25, 0.3) is 0 Å². The van der Waals surface area contributed by atoms with E-state index in [1.54, 1.807) is 0 Å². The molecule has 0 heterocycles. The molecule has 3 nitrogen and oxygen atoms in total. The highest BCUT2D eigenvalue weighted by atomic mass is 16.3. The monoisotopic (exact) mass is 266 g/mol. The fourth-order valence-corrected chi connectivity index (χ4v) is 2.69. The van der Waals surface area contributed by atoms with E-state index >= 15 is 0 Å². The number of nitriles is 1. The van der Waals surface area contributed by atoms with Crippen molar-refractivity contribution in [3.8, 4) is 6.07 Å². The smallest absolute Gasteiger partial charge is 0.0772 e. The van der Waals surface area contributed by atoms with Crippen LogP contribution in [0.3, 0.4) is 0 Å². The topological polar surface area (TPSA) is 56.0 Å². The molecule has 19 heavy (non-hydrogen) atoms. The second-order valence-electron chi connectivity index (χ2n) is 7.81. The van der Waals surface area contributed by atoms with Gasteiger partial charge in [-0.1, -0.05) is 27.7 Å². The van der Waals surface area contributed by atoms with Crippen molar-refractivity contribution >= 4 is 0 Å². The maximum atomic E-state index is 10.6. The van der Waals surface area contributed by atoms with Gasteiger partial charge < -0.3 is 10.4 Å². The summed E-state index contributed by atoms with van der Waals surface area (Å²) in [5.74, 6) is 0. The second kappa shape index (κ2) is 6.24. The van der Waals surface area contributed by atoms with Crippen LogP contribution in [0.15, 0.2) is 0 Å². The average Bonchev–Trinajstić information content (AvgIpc) is 2.31. The van der Waals surface area contributed by atoms with Crippen LogP contribution in [-0.4, -0.2) is 23.8 Å².